The van der Waals surface area contributed by atoms with E-state index in [1.165, 1.54) is 6.20 Å². The van der Waals surface area contributed by atoms with Gasteiger partial charge in [-0.3, -0.25) is 14.6 Å². The summed E-state index contributed by atoms with van der Waals surface area (Å²) in [7, 11) is 0. The van der Waals surface area contributed by atoms with Gasteiger partial charge in [0.15, 0.2) is 0 Å². The second-order valence-electron chi connectivity index (χ2n) is 5.84. The minimum atomic E-state index is -0.998. The van der Waals surface area contributed by atoms with Crippen molar-refractivity contribution in [1.29, 1.82) is 0 Å². The fourth-order valence-corrected chi connectivity index (χ4v) is 3.19. The molecule has 1 aromatic carbocycles. The summed E-state index contributed by atoms with van der Waals surface area (Å²) in [6.45, 7) is 4.00. The number of aromatic nitrogens is 2. The number of benzene rings is 1. The average Bonchev–Trinajstić information content (AvgIpc) is 2.85. The normalized spacial score (nSPS) is 11.3. The lowest BCUT2D eigenvalue weighted by molar-refractivity contribution is -0.136. The molecule has 0 fully saturated rings. The molecule has 0 saturated carbocycles. The quantitative estimate of drug-likeness (QED) is 0.625. The summed E-state index contributed by atoms with van der Waals surface area (Å²) in [6.07, 6.45) is 3.26. The Bertz CT molecular complexity index is 960. The molecule has 1 amide bonds. The number of carboxylic acids is 1. The van der Waals surface area contributed by atoms with Crippen LogP contribution in [-0.4, -0.2) is 32.1 Å². The highest BCUT2D eigenvalue weighted by Gasteiger charge is 2.21. The highest BCUT2D eigenvalue weighted by molar-refractivity contribution is 6.18. The molecule has 2 heterocycles. The molecule has 0 atom stereocenters. The fraction of sp³-hybridized carbons (Fsp3) is 0.235. The van der Waals surface area contributed by atoms with Gasteiger partial charge in [-0.05, 0) is 25.5 Å². The van der Waals surface area contributed by atoms with Crippen molar-refractivity contribution >= 4 is 39.9 Å². The number of hydrogen-bond acceptors (Lipinski definition) is 4. The minimum absolute atomic E-state index is 0.0154. The first kappa shape index (κ1) is 15.8. The van der Waals surface area contributed by atoms with Gasteiger partial charge in [0.25, 0.3) is 0 Å². The summed E-state index contributed by atoms with van der Waals surface area (Å²) in [5.41, 5.74) is 2.39. The first-order valence-electron chi connectivity index (χ1n) is 7.50. The highest BCUT2D eigenvalue weighted by atomic mass is 16.4. The second kappa shape index (κ2) is 5.84. The molecule has 3 rings (SSSR count). The lowest BCUT2D eigenvalue weighted by atomic mass is 10.0. The maximum atomic E-state index is 11.1. The number of carboxylic acid groups (broad SMARTS) is 1. The molecule has 0 aliphatic rings. The smallest absolute Gasteiger partial charge is 0.307 e. The van der Waals surface area contributed by atoms with Crippen molar-refractivity contribution in [2.45, 2.75) is 26.3 Å². The third-order valence-electron chi connectivity index (χ3n) is 4.01. The van der Waals surface area contributed by atoms with E-state index in [1.807, 2.05) is 24.5 Å². The van der Waals surface area contributed by atoms with Gasteiger partial charge in [-0.25, -0.2) is 0 Å². The molecule has 7 nitrogen and oxygen atoms in total. The SMILES string of the molecule is CC(C)n1c2cncc(O)c2c2c(NC=O)c(CC(=O)O)ccc21. The maximum absolute atomic E-state index is 11.1. The van der Waals surface area contributed by atoms with Crippen LogP contribution in [0.2, 0.25) is 0 Å². The topological polar surface area (TPSA) is 104 Å². The van der Waals surface area contributed by atoms with Crippen LogP contribution in [0, 0.1) is 0 Å². The number of pyridine rings is 1. The van der Waals surface area contributed by atoms with E-state index in [1.54, 1.807) is 12.3 Å². The Morgan fingerprint density at radius 1 is 1.29 bits per heavy atom. The molecule has 124 valence electrons. The molecule has 7 heteroatoms. The number of aliphatic carboxylic acids is 1. The number of amides is 1. The largest absolute Gasteiger partial charge is 0.506 e. The van der Waals surface area contributed by atoms with Gasteiger partial charge in [-0.1, -0.05) is 6.07 Å². The Morgan fingerprint density at radius 3 is 2.67 bits per heavy atom. The number of nitrogens with zero attached hydrogens (tertiary/aromatic N) is 2. The van der Waals surface area contributed by atoms with Crippen LogP contribution in [0.5, 0.6) is 5.75 Å². The molecular formula is C17H17N3O4. The van der Waals surface area contributed by atoms with Crippen molar-refractivity contribution in [2.24, 2.45) is 0 Å². The van der Waals surface area contributed by atoms with Crippen molar-refractivity contribution in [3.63, 3.8) is 0 Å². The molecule has 2 aromatic heterocycles. The van der Waals surface area contributed by atoms with E-state index in [0.29, 0.717) is 28.4 Å². The molecule has 0 radical (unpaired) electrons. The summed E-state index contributed by atoms with van der Waals surface area (Å²) in [5, 5.41) is 23.2. The Morgan fingerprint density at radius 2 is 2.04 bits per heavy atom. The number of fused-ring (bicyclic) bond motifs is 3. The second-order valence-corrected chi connectivity index (χ2v) is 5.84. The zero-order chi connectivity index (χ0) is 17.4. The van der Waals surface area contributed by atoms with Crippen molar-refractivity contribution in [2.75, 3.05) is 5.32 Å². The maximum Gasteiger partial charge on any atom is 0.307 e. The Labute approximate surface area is 137 Å². The van der Waals surface area contributed by atoms with Gasteiger partial charge < -0.3 is 20.1 Å². The van der Waals surface area contributed by atoms with Crippen LogP contribution in [0.3, 0.4) is 0 Å². The molecule has 0 aliphatic carbocycles. The Hall–Kier alpha value is -3.09. The van der Waals surface area contributed by atoms with Crippen molar-refractivity contribution in [3.05, 3.63) is 30.1 Å². The van der Waals surface area contributed by atoms with E-state index in [0.717, 1.165) is 11.0 Å². The van der Waals surface area contributed by atoms with Crippen LogP contribution >= 0.6 is 0 Å². The molecule has 0 unspecified atom stereocenters. The van der Waals surface area contributed by atoms with Gasteiger partial charge in [-0.15, -0.1) is 0 Å². The summed E-state index contributed by atoms with van der Waals surface area (Å²) >= 11 is 0. The van der Waals surface area contributed by atoms with Crippen LogP contribution in [0.25, 0.3) is 21.8 Å². The zero-order valence-corrected chi connectivity index (χ0v) is 13.3. The summed E-state index contributed by atoms with van der Waals surface area (Å²) in [6, 6.07) is 3.58. The van der Waals surface area contributed by atoms with Gasteiger partial charge in [-0.2, -0.15) is 0 Å². The number of anilines is 1. The van der Waals surface area contributed by atoms with E-state index >= 15 is 0 Å². The number of carbonyl (C=O) groups is 2. The van der Waals surface area contributed by atoms with Gasteiger partial charge in [0.05, 0.1) is 40.9 Å². The van der Waals surface area contributed by atoms with Gasteiger partial charge in [0.2, 0.25) is 6.41 Å². The van der Waals surface area contributed by atoms with Crippen LogP contribution in [0.1, 0.15) is 25.5 Å². The first-order chi connectivity index (χ1) is 11.5. The van der Waals surface area contributed by atoms with E-state index < -0.39 is 5.97 Å². The monoisotopic (exact) mass is 327 g/mol. The van der Waals surface area contributed by atoms with Gasteiger partial charge in [0.1, 0.15) is 5.75 Å². The third-order valence-corrected chi connectivity index (χ3v) is 4.01. The van der Waals surface area contributed by atoms with Crippen molar-refractivity contribution < 1.29 is 19.8 Å². The average molecular weight is 327 g/mol. The van der Waals surface area contributed by atoms with Crippen LogP contribution in [0.15, 0.2) is 24.5 Å². The molecular weight excluding hydrogens is 310 g/mol. The van der Waals surface area contributed by atoms with Crippen LogP contribution < -0.4 is 5.32 Å². The predicted octanol–water partition coefficient (Wildman–Crippen LogP) is 2.67. The lowest BCUT2D eigenvalue weighted by Crippen LogP contribution is -2.06. The minimum Gasteiger partial charge on any atom is -0.506 e. The number of aromatic hydroxyl groups is 1. The predicted molar refractivity (Wildman–Crippen MR) is 90.3 cm³/mol. The Balaban J connectivity index is 2.52. The van der Waals surface area contributed by atoms with Crippen molar-refractivity contribution in [3.8, 4) is 5.75 Å². The van der Waals surface area contributed by atoms with Gasteiger partial charge >= 0.3 is 5.97 Å². The van der Waals surface area contributed by atoms with E-state index in [4.69, 9.17) is 5.11 Å². The molecule has 0 bridgehead atoms. The van der Waals surface area contributed by atoms with Crippen LogP contribution in [0.4, 0.5) is 5.69 Å². The van der Waals surface area contributed by atoms with Crippen molar-refractivity contribution in [1.82, 2.24) is 9.55 Å². The van der Waals surface area contributed by atoms with E-state index in [2.05, 4.69) is 10.3 Å². The van der Waals surface area contributed by atoms with Crippen LogP contribution in [-0.2, 0) is 16.0 Å². The lowest BCUT2D eigenvalue weighted by Gasteiger charge is -2.13. The molecule has 0 saturated heterocycles. The fourth-order valence-electron chi connectivity index (χ4n) is 3.19. The van der Waals surface area contributed by atoms with Gasteiger partial charge in [0, 0.05) is 11.4 Å². The van der Waals surface area contributed by atoms with E-state index in [9.17, 15) is 14.7 Å². The molecule has 3 aromatic rings. The molecule has 3 N–H and O–H groups in total. The zero-order valence-electron chi connectivity index (χ0n) is 13.3. The number of hydrogen-bond donors (Lipinski definition) is 3. The highest BCUT2D eigenvalue weighted by Crippen LogP contribution is 2.41. The summed E-state index contributed by atoms with van der Waals surface area (Å²) in [5.74, 6) is -1.01. The number of rotatable bonds is 5. The summed E-state index contributed by atoms with van der Waals surface area (Å²) in [4.78, 5) is 26.2. The third kappa shape index (κ3) is 2.34. The standard InChI is InChI=1S/C17H17N3O4/c1-9(2)20-11-4-3-10(5-14(23)24)17(19-8-21)16(11)15-12(20)6-18-7-13(15)22/h3-4,6-9,22H,5H2,1-2H3,(H,19,21)(H,23,24). The Kier molecular flexibility index (Phi) is 3.84. The summed E-state index contributed by atoms with van der Waals surface area (Å²) < 4.78 is 2.00. The molecule has 0 spiro atoms. The molecule has 24 heavy (non-hydrogen) atoms. The number of nitrogens with one attached hydrogen (secondary N) is 1. The first-order valence-corrected chi connectivity index (χ1v) is 7.50. The molecule has 0 aliphatic heterocycles. The van der Waals surface area contributed by atoms with E-state index in [-0.39, 0.29) is 18.2 Å². The number of carbonyl (C=O) groups excluding carboxylic acids is 1.